The van der Waals surface area contributed by atoms with Crippen LogP contribution >= 0.6 is 0 Å². The zero-order valence-electron chi connectivity index (χ0n) is 8.82. The second kappa shape index (κ2) is 2.89. The molecule has 0 atom stereocenters. The van der Waals surface area contributed by atoms with Gasteiger partial charge in [-0.15, -0.1) is 0 Å². The first-order chi connectivity index (χ1) is 6.92. The van der Waals surface area contributed by atoms with Crippen LogP contribution in [0.15, 0.2) is 18.2 Å². The molecule has 2 rings (SSSR count). The van der Waals surface area contributed by atoms with E-state index >= 15 is 0 Å². The highest BCUT2D eigenvalue weighted by Gasteiger charge is 2.37. The van der Waals surface area contributed by atoms with E-state index in [-0.39, 0.29) is 5.41 Å². The van der Waals surface area contributed by atoms with Crippen LogP contribution in [0.5, 0.6) is 0 Å². The number of hydrogen-bond donors (Lipinski definition) is 2. The SMILES string of the molecule is CC1(C)CN(C(=O)O)c2cc(N)ccc21. The van der Waals surface area contributed by atoms with Gasteiger partial charge in [-0.2, -0.15) is 0 Å². The first-order valence-electron chi connectivity index (χ1n) is 4.82. The fraction of sp³-hybridized carbons (Fsp3) is 0.364. The van der Waals surface area contributed by atoms with Gasteiger partial charge in [0.15, 0.2) is 0 Å². The van der Waals surface area contributed by atoms with Crippen molar-refractivity contribution in [2.75, 3.05) is 17.2 Å². The van der Waals surface area contributed by atoms with E-state index in [9.17, 15) is 4.79 Å². The van der Waals surface area contributed by atoms with Gasteiger partial charge in [-0.05, 0) is 17.7 Å². The van der Waals surface area contributed by atoms with E-state index in [1.807, 2.05) is 26.0 Å². The van der Waals surface area contributed by atoms with Crippen molar-refractivity contribution in [2.24, 2.45) is 0 Å². The Morgan fingerprint density at radius 2 is 2.20 bits per heavy atom. The zero-order valence-corrected chi connectivity index (χ0v) is 8.82. The van der Waals surface area contributed by atoms with Crippen molar-refractivity contribution in [3.63, 3.8) is 0 Å². The minimum atomic E-state index is -0.924. The first kappa shape index (κ1) is 9.83. The second-order valence-electron chi connectivity index (χ2n) is 4.53. The summed E-state index contributed by atoms with van der Waals surface area (Å²) < 4.78 is 0. The van der Waals surface area contributed by atoms with Crippen LogP contribution < -0.4 is 10.6 Å². The van der Waals surface area contributed by atoms with E-state index in [0.717, 1.165) is 5.56 Å². The fourth-order valence-corrected chi connectivity index (χ4v) is 2.08. The van der Waals surface area contributed by atoms with Gasteiger partial charge in [0.25, 0.3) is 0 Å². The van der Waals surface area contributed by atoms with E-state index in [1.54, 1.807) is 6.07 Å². The standard InChI is InChI=1S/C11H14N2O2/c1-11(2)6-13(10(14)15)9-5-7(12)3-4-8(9)11/h3-5H,6,12H2,1-2H3,(H,14,15). The largest absolute Gasteiger partial charge is 0.465 e. The lowest BCUT2D eigenvalue weighted by molar-refractivity contribution is 0.201. The van der Waals surface area contributed by atoms with Crippen LogP contribution in [-0.4, -0.2) is 17.7 Å². The van der Waals surface area contributed by atoms with Gasteiger partial charge < -0.3 is 10.8 Å². The second-order valence-corrected chi connectivity index (χ2v) is 4.53. The Morgan fingerprint density at radius 1 is 1.53 bits per heavy atom. The third-order valence-electron chi connectivity index (χ3n) is 2.83. The number of anilines is 2. The lowest BCUT2D eigenvalue weighted by Gasteiger charge is -2.18. The number of amides is 1. The van der Waals surface area contributed by atoms with Crippen molar-refractivity contribution in [3.8, 4) is 0 Å². The lowest BCUT2D eigenvalue weighted by atomic mass is 9.87. The van der Waals surface area contributed by atoms with E-state index in [1.165, 1.54) is 4.90 Å². The number of carboxylic acid groups (broad SMARTS) is 1. The number of nitrogen functional groups attached to an aromatic ring is 1. The molecule has 1 aliphatic rings. The highest BCUT2D eigenvalue weighted by Crippen LogP contribution is 2.41. The Bertz CT molecular complexity index is 427. The molecule has 4 heteroatoms. The van der Waals surface area contributed by atoms with Gasteiger partial charge in [0.1, 0.15) is 0 Å². The molecule has 1 aliphatic heterocycles. The summed E-state index contributed by atoms with van der Waals surface area (Å²) in [4.78, 5) is 12.4. The van der Waals surface area contributed by atoms with Crippen LogP contribution in [0, 0.1) is 0 Å². The third-order valence-corrected chi connectivity index (χ3v) is 2.83. The minimum Gasteiger partial charge on any atom is -0.465 e. The van der Waals surface area contributed by atoms with Crippen LogP contribution in [0.1, 0.15) is 19.4 Å². The molecule has 1 heterocycles. The van der Waals surface area contributed by atoms with Gasteiger partial charge in [-0.3, -0.25) is 4.90 Å². The van der Waals surface area contributed by atoms with E-state index in [0.29, 0.717) is 17.9 Å². The molecule has 0 fully saturated rings. The molecule has 0 saturated heterocycles. The minimum absolute atomic E-state index is 0.137. The molecule has 0 saturated carbocycles. The molecule has 0 radical (unpaired) electrons. The number of carbonyl (C=O) groups is 1. The number of benzene rings is 1. The van der Waals surface area contributed by atoms with Crippen molar-refractivity contribution < 1.29 is 9.90 Å². The summed E-state index contributed by atoms with van der Waals surface area (Å²) in [6.07, 6.45) is -0.924. The molecule has 1 aromatic carbocycles. The summed E-state index contributed by atoms with van der Waals surface area (Å²) in [5, 5.41) is 9.07. The zero-order chi connectivity index (χ0) is 11.2. The van der Waals surface area contributed by atoms with E-state index < -0.39 is 6.09 Å². The molecule has 1 amide bonds. The molecular weight excluding hydrogens is 192 g/mol. The Hall–Kier alpha value is -1.71. The topological polar surface area (TPSA) is 66.6 Å². The molecule has 1 aromatic rings. The summed E-state index contributed by atoms with van der Waals surface area (Å²) in [5.41, 5.74) is 7.88. The molecule has 3 N–H and O–H groups in total. The Morgan fingerprint density at radius 3 is 2.80 bits per heavy atom. The predicted molar refractivity (Wildman–Crippen MR) is 59.3 cm³/mol. The average molecular weight is 206 g/mol. The normalized spacial score (nSPS) is 17.6. The van der Waals surface area contributed by atoms with E-state index in [4.69, 9.17) is 10.8 Å². The molecule has 0 spiro atoms. The molecule has 15 heavy (non-hydrogen) atoms. The van der Waals surface area contributed by atoms with Gasteiger partial charge in [-0.25, -0.2) is 4.79 Å². The van der Waals surface area contributed by atoms with Crippen LogP contribution in [0.2, 0.25) is 0 Å². The summed E-state index contributed by atoms with van der Waals surface area (Å²) >= 11 is 0. The average Bonchev–Trinajstić information content (AvgIpc) is 2.38. The molecule has 0 aliphatic carbocycles. The van der Waals surface area contributed by atoms with Crippen LogP contribution in [0.25, 0.3) is 0 Å². The molecule has 0 bridgehead atoms. The Balaban J connectivity index is 2.58. The Labute approximate surface area is 88.3 Å². The molecule has 0 aromatic heterocycles. The maximum atomic E-state index is 11.0. The fourth-order valence-electron chi connectivity index (χ4n) is 2.08. The molecule has 0 unspecified atom stereocenters. The smallest absolute Gasteiger partial charge is 0.411 e. The summed E-state index contributed by atoms with van der Waals surface area (Å²) in [6.45, 7) is 4.55. The maximum absolute atomic E-state index is 11.0. The highest BCUT2D eigenvalue weighted by atomic mass is 16.4. The maximum Gasteiger partial charge on any atom is 0.411 e. The lowest BCUT2D eigenvalue weighted by Crippen LogP contribution is -2.32. The third kappa shape index (κ3) is 1.42. The van der Waals surface area contributed by atoms with Gasteiger partial charge >= 0.3 is 6.09 Å². The van der Waals surface area contributed by atoms with Crippen LogP contribution in [0.3, 0.4) is 0 Å². The predicted octanol–water partition coefficient (Wildman–Crippen LogP) is 2.04. The van der Waals surface area contributed by atoms with Gasteiger partial charge in [0.2, 0.25) is 0 Å². The quantitative estimate of drug-likeness (QED) is 0.638. The monoisotopic (exact) mass is 206 g/mol. The number of fused-ring (bicyclic) bond motifs is 1. The Kier molecular flexibility index (Phi) is 1.89. The number of hydrogen-bond acceptors (Lipinski definition) is 2. The van der Waals surface area contributed by atoms with E-state index in [2.05, 4.69) is 0 Å². The van der Waals surface area contributed by atoms with Crippen molar-refractivity contribution in [1.29, 1.82) is 0 Å². The number of nitrogens with two attached hydrogens (primary N) is 1. The number of nitrogens with zero attached hydrogens (tertiary/aromatic N) is 1. The van der Waals surface area contributed by atoms with Crippen molar-refractivity contribution in [2.45, 2.75) is 19.3 Å². The van der Waals surface area contributed by atoms with Gasteiger partial charge in [-0.1, -0.05) is 19.9 Å². The molecule has 80 valence electrons. The molecule has 4 nitrogen and oxygen atoms in total. The van der Waals surface area contributed by atoms with Crippen LogP contribution in [0.4, 0.5) is 16.2 Å². The van der Waals surface area contributed by atoms with Gasteiger partial charge in [0, 0.05) is 17.6 Å². The van der Waals surface area contributed by atoms with Crippen molar-refractivity contribution >= 4 is 17.5 Å². The first-order valence-corrected chi connectivity index (χ1v) is 4.82. The van der Waals surface area contributed by atoms with Gasteiger partial charge in [0.05, 0.1) is 5.69 Å². The van der Waals surface area contributed by atoms with Crippen LogP contribution in [-0.2, 0) is 5.41 Å². The summed E-state index contributed by atoms with van der Waals surface area (Å²) in [5.74, 6) is 0. The molecular formula is C11H14N2O2. The highest BCUT2D eigenvalue weighted by molar-refractivity contribution is 5.90. The van der Waals surface area contributed by atoms with Crippen molar-refractivity contribution in [1.82, 2.24) is 0 Å². The summed E-state index contributed by atoms with van der Waals surface area (Å²) in [7, 11) is 0. The number of rotatable bonds is 0. The summed E-state index contributed by atoms with van der Waals surface area (Å²) in [6, 6.07) is 5.44. The van der Waals surface area contributed by atoms with Crippen molar-refractivity contribution in [3.05, 3.63) is 23.8 Å².